The van der Waals surface area contributed by atoms with Crippen molar-refractivity contribution < 1.29 is 14.3 Å². The van der Waals surface area contributed by atoms with Gasteiger partial charge in [0.1, 0.15) is 6.10 Å². The topological polar surface area (TPSA) is 55.5 Å². The average Bonchev–Trinajstić information content (AvgIpc) is 2.95. The van der Waals surface area contributed by atoms with E-state index in [4.69, 9.17) is 9.15 Å². The molecule has 0 saturated heterocycles. The van der Waals surface area contributed by atoms with Gasteiger partial charge in [0.15, 0.2) is 6.26 Å². The predicted octanol–water partition coefficient (Wildman–Crippen LogP) is 4.11. The first-order valence-electron chi connectivity index (χ1n) is 7.49. The fourth-order valence-electron chi connectivity index (χ4n) is 3.05. The van der Waals surface area contributed by atoms with Crippen molar-refractivity contribution in [2.45, 2.75) is 45.6 Å². The molecule has 22 heavy (non-hydrogen) atoms. The van der Waals surface area contributed by atoms with Gasteiger partial charge in [-0.05, 0) is 17.4 Å². The minimum absolute atomic E-state index is 0.0670. The Labute approximate surface area is 132 Å². The van der Waals surface area contributed by atoms with Crippen LogP contribution >= 0.6 is 0 Å². The van der Waals surface area contributed by atoms with Crippen LogP contribution in [0.15, 0.2) is 41.0 Å². The third-order valence-electron chi connectivity index (χ3n) is 4.14. The molecule has 0 radical (unpaired) electrons. The molecule has 0 bridgehead atoms. The molecule has 0 aliphatic carbocycles. The molecule has 1 aromatic heterocycles. The fourth-order valence-corrected chi connectivity index (χ4v) is 3.05. The largest absolute Gasteiger partial charge is 0.479 e. The first kappa shape index (κ1) is 16.6. The molecule has 0 saturated carbocycles. The summed E-state index contributed by atoms with van der Waals surface area (Å²) in [4.78, 5) is 4.16. The molecule has 4 heteroatoms. The Morgan fingerprint density at radius 3 is 2.36 bits per heavy atom. The van der Waals surface area contributed by atoms with Gasteiger partial charge in [-0.25, -0.2) is 0 Å². The van der Waals surface area contributed by atoms with Crippen LogP contribution in [0.2, 0.25) is 0 Å². The van der Waals surface area contributed by atoms with Gasteiger partial charge >= 0.3 is 0 Å². The van der Waals surface area contributed by atoms with Gasteiger partial charge in [-0.3, -0.25) is 0 Å². The Kier molecular flexibility index (Phi) is 4.61. The van der Waals surface area contributed by atoms with E-state index in [1.165, 1.54) is 18.9 Å². The smallest absolute Gasteiger partial charge is 0.252 e. The van der Waals surface area contributed by atoms with E-state index in [9.17, 15) is 5.11 Å². The molecule has 1 unspecified atom stereocenters. The quantitative estimate of drug-likeness (QED) is 0.872. The van der Waals surface area contributed by atoms with Gasteiger partial charge in [0.05, 0.1) is 7.11 Å². The lowest BCUT2D eigenvalue weighted by Gasteiger charge is -2.37. The maximum atomic E-state index is 10.7. The second-order valence-corrected chi connectivity index (χ2v) is 7.05. The van der Waals surface area contributed by atoms with E-state index < -0.39 is 11.5 Å². The van der Waals surface area contributed by atoms with Crippen molar-refractivity contribution in [2.24, 2.45) is 5.41 Å². The van der Waals surface area contributed by atoms with Crippen molar-refractivity contribution in [1.29, 1.82) is 0 Å². The summed E-state index contributed by atoms with van der Waals surface area (Å²) in [5.41, 5.74) is 0.790. The van der Waals surface area contributed by atoms with Crippen molar-refractivity contribution in [3.8, 4) is 5.88 Å². The third-order valence-corrected chi connectivity index (χ3v) is 4.14. The fraction of sp³-hybridized carbons (Fsp3) is 0.500. The number of methoxy groups -OCH3 is 1. The van der Waals surface area contributed by atoms with E-state index >= 15 is 0 Å². The monoisotopic (exact) mass is 303 g/mol. The number of hydrogen-bond acceptors (Lipinski definition) is 4. The van der Waals surface area contributed by atoms with Crippen LogP contribution in [0, 0.1) is 5.41 Å². The lowest BCUT2D eigenvalue weighted by atomic mass is 9.69. The van der Waals surface area contributed by atoms with E-state index in [1.807, 2.05) is 32.0 Å². The minimum Gasteiger partial charge on any atom is -0.479 e. The zero-order valence-electron chi connectivity index (χ0n) is 14.0. The van der Waals surface area contributed by atoms with Crippen LogP contribution in [-0.4, -0.2) is 17.2 Å². The highest BCUT2D eigenvalue weighted by Gasteiger charge is 2.38. The van der Waals surface area contributed by atoms with Crippen LogP contribution in [0.3, 0.4) is 0 Å². The molecule has 4 nitrogen and oxygen atoms in total. The van der Waals surface area contributed by atoms with Crippen LogP contribution in [0.1, 0.15) is 51.7 Å². The molecule has 1 N–H and O–H groups in total. The number of rotatable bonds is 6. The summed E-state index contributed by atoms with van der Waals surface area (Å²) in [6.07, 6.45) is 1.41. The van der Waals surface area contributed by atoms with E-state index in [2.05, 4.69) is 31.0 Å². The summed E-state index contributed by atoms with van der Waals surface area (Å²) in [7, 11) is 1.53. The maximum Gasteiger partial charge on any atom is 0.252 e. The molecule has 2 rings (SSSR count). The van der Waals surface area contributed by atoms with Crippen LogP contribution in [-0.2, 0) is 5.41 Å². The Morgan fingerprint density at radius 1 is 1.18 bits per heavy atom. The Hall–Kier alpha value is -1.81. The highest BCUT2D eigenvalue weighted by atomic mass is 16.5. The van der Waals surface area contributed by atoms with Gasteiger partial charge in [-0.1, -0.05) is 58.0 Å². The van der Waals surface area contributed by atoms with E-state index in [0.717, 1.165) is 6.42 Å². The van der Waals surface area contributed by atoms with E-state index in [1.54, 1.807) is 0 Å². The second-order valence-electron chi connectivity index (χ2n) is 7.05. The van der Waals surface area contributed by atoms with Gasteiger partial charge < -0.3 is 14.3 Å². The summed E-state index contributed by atoms with van der Waals surface area (Å²) < 4.78 is 10.3. The standard InChI is InChI=1S/C18H25NO3/c1-17(2,13-9-7-6-8-10-13)12-18(3,4)15(20)16-19-14(21-5)11-22-16/h6-11,15,20H,12H2,1-5H3. The number of hydrogen-bond donors (Lipinski definition) is 1. The van der Waals surface area contributed by atoms with Gasteiger partial charge in [-0.15, -0.1) is 0 Å². The molecule has 0 aliphatic rings. The predicted molar refractivity (Wildman–Crippen MR) is 85.9 cm³/mol. The lowest BCUT2D eigenvalue weighted by molar-refractivity contribution is 0.00893. The molecule has 0 fully saturated rings. The van der Waals surface area contributed by atoms with Gasteiger partial charge in [0.2, 0.25) is 5.89 Å². The molecular weight excluding hydrogens is 278 g/mol. The van der Waals surface area contributed by atoms with Crippen LogP contribution in [0.25, 0.3) is 0 Å². The molecule has 0 aliphatic heterocycles. The molecular formula is C18H25NO3. The lowest BCUT2D eigenvalue weighted by Crippen LogP contribution is -2.31. The number of oxazole rings is 1. The van der Waals surface area contributed by atoms with Gasteiger partial charge in [0.25, 0.3) is 5.88 Å². The van der Waals surface area contributed by atoms with E-state index in [0.29, 0.717) is 11.8 Å². The van der Waals surface area contributed by atoms with Crippen molar-refractivity contribution in [3.05, 3.63) is 48.0 Å². The van der Waals surface area contributed by atoms with Crippen molar-refractivity contribution in [1.82, 2.24) is 4.98 Å². The summed E-state index contributed by atoms with van der Waals surface area (Å²) in [6.45, 7) is 8.43. The van der Waals surface area contributed by atoms with Gasteiger partial charge in [-0.2, -0.15) is 4.98 Å². The number of nitrogens with zero attached hydrogens (tertiary/aromatic N) is 1. The summed E-state index contributed by atoms with van der Waals surface area (Å²) >= 11 is 0. The first-order valence-corrected chi connectivity index (χ1v) is 7.49. The SMILES string of the molecule is COc1coc(C(O)C(C)(C)CC(C)(C)c2ccccc2)n1. The average molecular weight is 303 g/mol. The highest BCUT2D eigenvalue weighted by Crippen LogP contribution is 2.44. The molecule has 1 heterocycles. The normalized spacial score (nSPS) is 13.9. The number of aliphatic hydroxyl groups is 1. The summed E-state index contributed by atoms with van der Waals surface area (Å²) in [5, 5.41) is 10.7. The number of ether oxygens (including phenoxy) is 1. The molecule has 1 aromatic carbocycles. The zero-order chi connectivity index (χ0) is 16.4. The summed E-state index contributed by atoms with van der Waals surface area (Å²) in [6, 6.07) is 10.3. The number of aromatic nitrogens is 1. The second kappa shape index (κ2) is 6.13. The van der Waals surface area contributed by atoms with Crippen molar-refractivity contribution >= 4 is 0 Å². The highest BCUT2D eigenvalue weighted by molar-refractivity contribution is 5.24. The Balaban J connectivity index is 2.19. The van der Waals surface area contributed by atoms with Crippen LogP contribution in [0.4, 0.5) is 0 Å². The van der Waals surface area contributed by atoms with Gasteiger partial charge in [0, 0.05) is 5.41 Å². The molecule has 2 aromatic rings. The van der Waals surface area contributed by atoms with Crippen LogP contribution < -0.4 is 4.74 Å². The molecule has 120 valence electrons. The third kappa shape index (κ3) is 3.50. The van der Waals surface area contributed by atoms with E-state index in [-0.39, 0.29) is 5.41 Å². The Morgan fingerprint density at radius 2 is 1.82 bits per heavy atom. The molecule has 0 spiro atoms. The molecule has 0 amide bonds. The van der Waals surface area contributed by atoms with Crippen molar-refractivity contribution in [3.63, 3.8) is 0 Å². The first-order chi connectivity index (χ1) is 10.3. The maximum absolute atomic E-state index is 10.7. The number of benzene rings is 1. The zero-order valence-corrected chi connectivity index (χ0v) is 14.0. The van der Waals surface area contributed by atoms with Crippen LogP contribution in [0.5, 0.6) is 5.88 Å². The Bertz CT molecular complexity index is 602. The molecule has 1 atom stereocenters. The number of aliphatic hydroxyl groups excluding tert-OH is 1. The van der Waals surface area contributed by atoms with Crippen molar-refractivity contribution in [2.75, 3.05) is 7.11 Å². The summed E-state index contributed by atoms with van der Waals surface area (Å²) in [5.74, 6) is 0.679. The minimum atomic E-state index is -0.792.